The average Bonchev–Trinajstić information content (AvgIpc) is 2.86. The van der Waals surface area contributed by atoms with E-state index >= 15 is 0 Å². The van der Waals surface area contributed by atoms with Crippen LogP contribution in [0.5, 0.6) is 0 Å². The lowest BCUT2D eigenvalue weighted by molar-refractivity contribution is 0.462. The Bertz CT molecular complexity index is 242. The highest BCUT2D eigenvalue weighted by Gasteiger charge is 2.42. The van der Waals surface area contributed by atoms with Gasteiger partial charge in [-0.3, -0.25) is 0 Å². The Morgan fingerprint density at radius 1 is 1.50 bits per heavy atom. The molecule has 78 valence electrons. The molecular weight excluding hydrogens is 192 g/mol. The van der Waals surface area contributed by atoms with Crippen LogP contribution in [-0.4, -0.2) is 23.6 Å². The van der Waals surface area contributed by atoms with E-state index in [-0.39, 0.29) is 5.92 Å². The molecule has 2 unspecified atom stereocenters. The van der Waals surface area contributed by atoms with E-state index in [1.54, 1.807) is 0 Å². The largest absolute Gasteiger partial charge is 0.311 e. The van der Waals surface area contributed by atoms with Gasteiger partial charge in [0.2, 0.25) is 0 Å². The number of hydrogen-bond donors (Lipinski definition) is 1. The Kier molecular flexibility index (Phi) is 3.04. The van der Waals surface area contributed by atoms with Crippen molar-refractivity contribution in [1.82, 2.24) is 5.32 Å². The van der Waals surface area contributed by atoms with Crippen molar-refractivity contribution in [2.45, 2.75) is 42.9 Å². The number of hydrogen-bond acceptors (Lipinski definition) is 3. The highest BCUT2D eigenvalue weighted by atomic mass is 32.2. The Hall–Kier alpha value is -0.200. The fourth-order valence-corrected chi connectivity index (χ4v) is 3.01. The van der Waals surface area contributed by atoms with Crippen LogP contribution in [0.15, 0.2) is 0 Å². The van der Waals surface area contributed by atoms with Crippen LogP contribution in [-0.2, 0) is 0 Å². The monoisotopic (exact) mass is 210 g/mol. The molecule has 3 heteroatoms. The molecule has 0 aliphatic heterocycles. The summed E-state index contributed by atoms with van der Waals surface area (Å²) < 4.78 is 0.530. The number of nitrogens with zero attached hydrogens (tertiary/aromatic N) is 1. The summed E-state index contributed by atoms with van der Waals surface area (Å²) in [6.45, 7) is 1.11. The van der Waals surface area contributed by atoms with Crippen LogP contribution in [0.25, 0.3) is 0 Å². The maximum Gasteiger partial charge on any atom is 0.0672 e. The predicted molar refractivity (Wildman–Crippen MR) is 60.2 cm³/mol. The second-order valence-electron chi connectivity index (χ2n) is 4.54. The first-order valence-electron chi connectivity index (χ1n) is 5.48. The van der Waals surface area contributed by atoms with E-state index in [0.717, 1.165) is 13.0 Å². The van der Waals surface area contributed by atoms with Crippen LogP contribution in [0.2, 0.25) is 0 Å². The molecule has 2 aliphatic carbocycles. The molecule has 0 saturated heterocycles. The van der Waals surface area contributed by atoms with Gasteiger partial charge in [-0.25, -0.2) is 0 Å². The molecule has 2 rings (SSSR count). The van der Waals surface area contributed by atoms with Gasteiger partial charge in [0, 0.05) is 17.3 Å². The summed E-state index contributed by atoms with van der Waals surface area (Å²) in [6.07, 6.45) is 8.42. The Labute approximate surface area is 90.4 Å². The van der Waals surface area contributed by atoms with Crippen molar-refractivity contribution in [3.63, 3.8) is 0 Å². The van der Waals surface area contributed by atoms with E-state index in [2.05, 4.69) is 17.6 Å². The van der Waals surface area contributed by atoms with Gasteiger partial charge in [0.05, 0.1) is 12.0 Å². The normalized spacial score (nSPS) is 34.0. The third-order valence-corrected chi connectivity index (χ3v) is 5.03. The summed E-state index contributed by atoms with van der Waals surface area (Å²) in [5, 5.41) is 12.5. The average molecular weight is 210 g/mol. The fourth-order valence-electron chi connectivity index (χ4n) is 2.27. The smallest absolute Gasteiger partial charge is 0.0672 e. The van der Waals surface area contributed by atoms with Crippen molar-refractivity contribution in [2.75, 3.05) is 12.8 Å². The summed E-state index contributed by atoms with van der Waals surface area (Å²) in [4.78, 5) is 0. The standard InChI is InChI=1S/C11H18N2S/c1-14-11(5-6-11)8-13-10-4-2-3-9(10)7-12/h9-10,13H,2-6,8H2,1H3. The lowest BCUT2D eigenvalue weighted by Gasteiger charge is -2.19. The molecule has 0 aromatic carbocycles. The highest BCUT2D eigenvalue weighted by molar-refractivity contribution is 8.00. The molecule has 14 heavy (non-hydrogen) atoms. The molecule has 2 fully saturated rings. The number of thioether (sulfide) groups is 1. The van der Waals surface area contributed by atoms with E-state index < -0.39 is 0 Å². The number of nitrogens with one attached hydrogen (secondary N) is 1. The van der Waals surface area contributed by atoms with Gasteiger partial charge < -0.3 is 5.32 Å². The minimum atomic E-state index is 0.271. The summed E-state index contributed by atoms with van der Waals surface area (Å²) in [6, 6.07) is 2.90. The van der Waals surface area contributed by atoms with Crippen LogP contribution in [0, 0.1) is 17.2 Å². The zero-order valence-corrected chi connectivity index (χ0v) is 9.57. The van der Waals surface area contributed by atoms with Gasteiger partial charge in [-0.05, 0) is 31.9 Å². The van der Waals surface area contributed by atoms with Gasteiger partial charge in [0.25, 0.3) is 0 Å². The molecular formula is C11H18N2S. The van der Waals surface area contributed by atoms with Gasteiger partial charge >= 0.3 is 0 Å². The van der Waals surface area contributed by atoms with E-state index in [1.807, 2.05) is 11.8 Å². The minimum absolute atomic E-state index is 0.271. The van der Waals surface area contributed by atoms with E-state index in [1.165, 1.54) is 25.7 Å². The van der Waals surface area contributed by atoms with Gasteiger partial charge in [0.1, 0.15) is 0 Å². The minimum Gasteiger partial charge on any atom is -0.311 e. The molecule has 2 nitrogen and oxygen atoms in total. The van der Waals surface area contributed by atoms with Crippen LogP contribution in [0.3, 0.4) is 0 Å². The molecule has 2 saturated carbocycles. The molecule has 0 aromatic rings. The zero-order valence-electron chi connectivity index (χ0n) is 8.75. The van der Waals surface area contributed by atoms with E-state index in [4.69, 9.17) is 5.26 Å². The molecule has 0 amide bonds. The predicted octanol–water partition coefficient (Wildman–Crippen LogP) is 2.16. The molecule has 0 radical (unpaired) electrons. The van der Waals surface area contributed by atoms with E-state index in [9.17, 15) is 0 Å². The summed E-state index contributed by atoms with van der Waals surface area (Å²) in [7, 11) is 0. The summed E-state index contributed by atoms with van der Waals surface area (Å²) >= 11 is 1.98. The molecule has 2 atom stereocenters. The molecule has 0 aromatic heterocycles. The quantitative estimate of drug-likeness (QED) is 0.772. The fraction of sp³-hybridized carbons (Fsp3) is 0.909. The lowest BCUT2D eigenvalue weighted by atomic mass is 10.1. The highest BCUT2D eigenvalue weighted by Crippen LogP contribution is 2.46. The van der Waals surface area contributed by atoms with Crippen molar-refractivity contribution in [3.05, 3.63) is 0 Å². The maximum atomic E-state index is 8.94. The van der Waals surface area contributed by atoms with Crippen molar-refractivity contribution in [1.29, 1.82) is 5.26 Å². The molecule has 0 bridgehead atoms. The molecule has 0 heterocycles. The Morgan fingerprint density at radius 3 is 2.86 bits per heavy atom. The van der Waals surface area contributed by atoms with Crippen LogP contribution >= 0.6 is 11.8 Å². The Morgan fingerprint density at radius 2 is 2.29 bits per heavy atom. The third kappa shape index (κ3) is 2.07. The van der Waals surface area contributed by atoms with Gasteiger partial charge in [-0.2, -0.15) is 17.0 Å². The lowest BCUT2D eigenvalue weighted by Crippen LogP contribution is -2.37. The number of rotatable bonds is 4. The van der Waals surface area contributed by atoms with Gasteiger partial charge in [0.15, 0.2) is 0 Å². The molecule has 0 spiro atoms. The maximum absolute atomic E-state index is 8.94. The van der Waals surface area contributed by atoms with Crippen molar-refractivity contribution >= 4 is 11.8 Å². The van der Waals surface area contributed by atoms with Crippen molar-refractivity contribution < 1.29 is 0 Å². The summed E-state index contributed by atoms with van der Waals surface area (Å²) in [5.74, 6) is 0.271. The SMILES string of the molecule is CSC1(CNC2CCCC2C#N)CC1. The van der Waals surface area contributed by atoms with E-state index in [0.29, 0.717) is 10.8 Å². The van der Waals surface area contributed by atoms with Crippen LogP contribution in [0.4, 0.5) is 0 Å². The van der Waals surface area contributed by atoms with Crippen LogP contribution in [0.1, 0.15) is 32.1 Å². The topological polar surface area (TPSA) is 35.8 Å². The first-order chi connectivity index (χ1) is 6.79. The molecule has 1 N–H and O–H groups in total. The third-order valence-electron chi connectivity index (χ3n) is 3.61. The van der Waals surface area contributed by atoms with Gasteiger partial charge in [-0.15, -0.1) is 0 Å². The van der Waals surface area contributed by atoms with Crippen molar-refractivity contribution in [2.24, 2.45) is 5.92 Å². The summed E-state index contributed by atoms with van der Waals surface area (Å²) in [5.41, 5.74) is 0. The first kappa shape index (κ1) is 10.3. The second kappa shape index (κ2) is 4.12. The molecule has 2 aliphatic rings. The first-order valence-corrected chi connectivity index (χ1v) is 6.70. The van der Waals surface area contributed by atoms with Crippen LogP contribution < -0.4 is 5.32 Å². The Balaban J connectivity index is 1.78. The second-order valence-corrected chi connectivity index (χ2v) is 5.82. The zero-order chi connectivity index (χ0) is 10.0. The van der Waals surface area contributed by atoms with Crippen molar-refractivity contribution in [3.8, 4) is 6.07 Å². The number of nitriles is 1. The van der Waals surface area contributed by atoms with Gasteiger partial charge in [-0.1, -0.05) is 6.42 Å².